The SMILES string of the molecule is Cc1ccc(C(=O)Nc2cccc(C(=O)Nc3ccccc3C(=O)O)c2)cc1C. The van der Waals surface area contributed by atoms with E-state index in [1.54, 1.807) is 36.4 Å². The summed E-state index contributed by atoms with van der Waals surface area (Å²) in [5.41, 5.74) is 3.60. The number of nitrogens with one attached hydrogen (secondary N) is 2. The second-order valence-corrected chi connectivity index (χ2v) is 6.64. The van der Waals surface area contributed by atoms with Gasteiger partial charge in [0, 0.05) is 16.8 Å². The Morgan fingerprint density at radius 3 is 2.14 bits per heavy atom. The number of carbonyl (C=O) groups is 3. The number of aryl methyl sites for hydroxylation is 2. The summed E-state index contributed by atoms with van der Waals surface area (Å²) in [5, 5.41) is 14.6. The van der Waals surface area contributed by atoms with E-state index < -0.39 is 11.9 Å². The van der Waals surface area contributed by atoms with E-state index in [1.165, 1.54) is 18.2 Å². The second kappa shape index (κ2) is 8.39. The van der Waals surface area contributed by atoms with E-state index in [9.17, 15) is 19.5 Å². The van der Waals surface area contributed by atoms with Gasteiger partial charge in [-0.15, -0.1) is 0 Å². The summed E-state index contributed by atoms with van der Waals surface area (Å²) in [4.78, 5) is 36.4. The first-order chi connectivity index (χ1) is 13.8. The van der Waals surface area contributed by atoms with Crippen molar-refractivity contribution in [3.05, 3.63) is 94.5 Å². The van der Waals surface area contributed by atoms with Crippen LogP contribution >= 0.6 is 0 Å². The van der Waals surface area contributed by atoms with E-state index in [-0.39, 0.29) is 17.2 Å². The molecule has 6 nitrogen and oxygen atoms in total. The van der Waals surface area contributed by atoms with Crippen LogP contribution in [0.4, 0.5) is 11.4 Å². The van der Waals surface area contributed by atoms with E-state index in [0.717, 1.165) is 11.1 Å². The first-order valence-electron chi connectivity index (χ1n) is 8.97. The molecular formula is C23H20N2O4. The fourth-order valence-electron chi connectivity index (χ4n) is 2.80. The van der Waals surface area contributed by atoms with E-state index in [4.69, 9.17) is 0 Å². The highest BCUT2D eigenvalue weighted by Crippen LogP contribution is 2.18. The third-order valence-electron chi connectivity index (χ3n) is 4.56. The number of hydrogen-bond acceptors (Lipinski definition) is 3. The van der Waals surface area contributed by atoms with Crippen LogP contribution in [0.5, 0.6) is 0 Å². The van der Waals surface area contributed by atoms with Gasteiger partial charge in [-0.3, -0.25) is 9.59 Å². The summed E-state index contributed by atoms with van der Waals surface area (Å²) in [6, 6.07) is 18.1. The maximum absolute atomic E-state index is 12.6. The Balaban J connectivity index is 1.77. The summed E-state index contributed by atoms with van der Waals surface area (Å²) in [5.74, 6) is -1.88. The molecule has 0 spiro atoms. The Morgan fingerprint density at radius 1 is 0.724 bits per heavy atom. The summed E-state index contributed by atoms with van der Waals surface area (Å²) in [6.45, 7) is 3.91. The minimum atomic E-state index is -1.13. The zero-order valence-electron chi connectivity index (χ0n) is 16.0. The number of para-hydroxylation sites is 1. The van der Waals surface area contributed by atoms with E-state index in [0.29, 0.717) is 16.8 Å². The van der Waals surface area contributed by atoms with Crippen molar-refractivity contribution in [3.63, 3.8) is 0 Å². The topological polar surface area (TPSA) is 95.5 Å². The average molecular weight is 388 g/mol. The van der Waals surface area contributed by atoms with Crippen LogP contribution in [-0.2, 0) is 0 Å². The van der Waals surface area contributed by atoms with Gasteiger partial charge < -0.3 is 15.7 Å². The van der Waals surface area contributed by atoms with Gasteiger partial charge in [0.15, 0.2) is 0 Å². The molecule has 3 rings (SSSR count). The molecule has 6 heteroatoms. The number of carboxylic acid groups (broad SMARTS) is 1. The van der Waals surface area contributed by atoms with Gasteiger partial charge in [0.05, 0.1) is 11.3 Å². The number of anilines is 2. The molecule has 0 atom stereocenters. The number of benzene rings is 3. The zero-order chi connectivity index (χ0) is 21.0. The smallest absolute Gasteiger partial charge is 0.337 e. The van der Waals surface area contributed by atoms with Crippen LogP contribution < -0.4 is 10.6 Å². The van der Waals surface area contributed by atoms with Crippen molar-refractivity contribution in [2.24, 2.45) is 0 Å². The molecule has 0 heterocycles. The molecule has 29 heavy (non-hydrogen) atoms. The highest BCUT2D eigenvalue weighted by molar-refractivity contribution is 6.09. The first-order valence-corrected chi connectivity index (χ1v) is 8.97. The minimum absolute atomic E-state index is 0.0000447. The summed E-state index contributed by atoms with van der Waals surface area (Å²) < 4.78 is 0. The molecule has 146 valence electrons. The molecule has 3 N–H and O–H groups in total. The van der Waals surface area contributed by atoms with Crippen molar-refractivity contribution in [1.29, 1.82) is 0 Å². The van der Waals surface area contributed by atoms with Crippen LogP contribution in [0, 0.1) is 13.8 Å². The summed E-state index contributed by atoms with van der Waals surface area (Å²) in [6.07, 6.45) is 0. The Kier molecular flexibility index (Phi) is 5.74. The molecule has 0 fully saturated rings. The van der Waals surface area contributed by atoms with Gasteiger partial charge in [-0.1, -0.05) is 24.3 Å². The van der Waals surface area contributed by atoms with Crippen molar-refractivity contribution >= 4 is 29.2 Å². The van der Waals surface area contributed by atoms with Crippen molar-refractivity contribution in [1.82, 2.24) is 0 Å². The molecule has 0 radical (unpaired) electrons. The average Bonchev–Trinajstić information content (AvgIpc) is 2.70. The van der Waals surface area contributed by atoms with Crippen molar-refractivity contribution < 1.29 is 19.5 Å². The predicted molar refractivity (Wildman–Crippen MR) is 112 cm³/mol. The minimum Gasteiger partial charge on any atom is -0.478 e. The van der Waals surface area contributed by atoms with Crippen molar-refractivity contribution in [3.8, 4) is 0 Å². The van der Waals surface area contributed by atoms with Gasteiger partial charge in [0.25, 0.3) is 11.8 Å². The van der Waals surface area contributed by atoms with Gasteiger partial charge in [-0.05, 0) is 67.4 Å². The third-order valence-corrected chi connectivity index (χ3v) is 4.56. The fraction of sp³-hybridized carbons (Fsp3) is 0.0870. The molecule has 0 bridgehead atoms. The number of amides is 2. The van der Waals surface area contributed by atoms with Crippen molar-refractivity contribution in [2.45, 2.75) is 13.8 Å². The quantitative estimate of drug-likeness (QED) is 0.599. The number of rotatable bonds is 5. The first kappa shape index (κ1) is 19.8. The van der Waals surface area contributed by atoms with Crippen LogP contribution in [0.1, 0.15) is 42.2 Å². The summed E-state index contributed by atoms with van der Waals surface area (Å²) >= 11 is 0. The molecule has 0 aromatic heterocycles. The van der Waals surface area contributed by atoms with Crippen molar-refractivity contribution in [2.75, 3.05) is 10.6 Å². The van der Waals surface area contributed by atoms with E-state index in [2.05, 4.69) is 10.6 Å². The normalized spacial score (nSPS) is 10.3. The molecular weight excluding hydrogens is 368 g/mol. The Hall–Kier alpha value is -3.93. The number of hydrogen-bond donors (Lipinski definition) is 3. The lowest BCUT2D eigenvalue weighted by atomic mass is 10.1. The Labute approximate surface area is 168 Å². The van der Waals surface area contributed by atoms with E-state index in [1.807, 2.05) is 26.0 Å². The molecule has 0 aliphatic heterocycles. The third kappa shape index (κ3) is 4.68. The fourth-order valence-corrected chi connectivity index (χ4v) is 2.80. The van der Waals surface area contributed by atoms with Gasteiger partial charge in [-0.2, -0.15) is 0 Å². The molecule has 0 unspecified atom stereocenters. The lowest BCUT2D eigenvalue weighted by molar-refractivity contribution is 0.0697. The molecule has 3 aromatic carbocycles. The number of carboxylic acids is 1. The Bertz CT molecular complexity index is 1110. The van der Waals surface area contributed by atoms with Crippen LogP contribution in [-0.4, -0.2) is 22.9 Å². The van der Waals surface area contributed by atoms with Crippen LogP contribution in [0.2, 0.25) is 0 Å². The van der Waals surface area contributed by atoms with Gasteiger partial charge in [-0.25, -0.2) is 4.79 Å². The van der Waals surface area contributed by atoms with Gasteiger partial charge in [0.1, 0.15) is 0 Å². The lowest BCUT2D eigenvalue weighted by Crippen LogP contribution is -2.16. The number of aromatic carboxylic acids is 1. The maximum atomic E-state index is 12.6. The molecule has 0 saturated heterocycles. The van der Waals surface area contributed by atoms with Crippen LogP contribution in [0.25, 0.3) is 0 Å². The highest BCUT2D eigenvalue weighted by Gasteiger charge is 2.14. The molecule has 0 aliphatic rings. The van der Waals surface area contributed by atoms with Gasteiger partial charge >= 0.3 is 5.97 Å². The summed E-state index contributed by atoms with van der Waals surface area (Å²) in [7, 11) is 0. The predicted octanol–water partition coefficient (Wildman–Crippen LogP) is 4.51. The monoisotopic (exact) mass is 388 g/mol. The maximum Gasteiger partial charge on any atom is 0.337 e. The number of carbonyl (C=O) groups excluding carboxylic acids is 2. The van der Waals surface area contributed by atoms with E-state index >= 15 is 0 Å². The molecule has 0 saturated carbocycles. The zero-order valence-corrected chi connectivity index (χ0v) is 16.0. The van der Waals surface area contributed by atoms with Crippen LogP contribution in [0.3, 0.4) is 0 Å². The molecule has 0 aliphatic carbocycles. The molecule has 2 amide bonds. The largest absolute Gasteiger partial charge is 0.478 e. The second-order valence-electron chi connectivity index (χ2n) is 6.64. The molecule has 3 aromatic rings. The Morgan fingerprint density at radius 2 is 1.41 bits per heavy atom. The standard InChI is InChI=1S/C23H20N2O4/c1-14-10-11-17(12-15(14)2)21(26)24-18-7-5-6-16(13-18)22(27)25-20-9-4-3-8-19(20)23(28)29/h3-13H,1-2H3,(H,24,26)(H,25,27)(H,28,29). The highest BCUT2D eigenvalue weighted by atomic mass is 16.4. The lowest BCUT2D eigenvalue weighted by Gasteiger charge is -2.10. The van der Waals surface area contributed by atoms with Crippen LogP contribution in [0.15, 0.2) is 66.7 Å². The van der Waals surface area contributed by atoms with Gasteiger partial charge in [0.2, 0.25) is 0 Å².